The van der Waals surface area contributed by atoms with Crippen molar-refractivity contribution in [3.63, 3.8) is 0 Å². The van der Waals surface area contributed by atoms with Gasteiger partial charge in [0.15, 0.2) is 0 Å². The van der Waals surface area contributed by atoms with E-state index in [4.69, 9.17) is 0 Å². The molecule has 24 heavy (non-hydrogen) atoms. The molecule has 0 aliphatic rings. The van der Waals surface area contributed by atoms with Gasteiger partial charge in [-0.25, -0.2) is 0 Å². The van der Waals surface area contributed by atoms with Crippen LogP contribution in [0, 0.1) is 0 Å². The molecule has 8 heteroatoms. The normalized spacial score (nSPS) is 14.3. The van der Waals surface area contributed by atoms with E-state index in [9.17, 15) is 16.9 Å². The third-order valence-electron chi connectivity index (χ3n) is 2.84. The number of hydrogen-bond donors (Lipinski definition) is 0. The second-order valence-electron chi connectivity index (χ2n) is 5.12. The van der Waals surface area contributed by atoms with Crippen LogP contribution in [0.4, 0.5) is 16.9 Å². The van der Waals surface area contributed by atoms with Gasteiger partial charge in [-0.3, -0.25) is 0 Å². The Balaban J connectivity index is 0.000000351. The van der Waals surface area contributed by atoms with Gasteiger partial charge in [0.05, 0.1) is 0 Å². The van der Waals surface area contributed by atoms with Gasteiger partial charge in [-0.15, -0.1) is 0 Å². The summed E-state index contributed by atoms with van der Waals surface area (Å²) in [5.41, 5.74) is 2.93. The third kappa shape index (κ3) is 13.6. The van der Waals surface area contributed by atoms with Gasteiger partial charge in [0.2, 0.25) is 0 Å². The third-order valence-corrected chi connectivity index (χ3v) is 5.14. The zero-order valence-electron chi connectivity index (χ0n) is 13.0. The van der Waals surface area contributed by atoms with E-state index in [1.807, 2.05) is 0 Å². The molecule has 2 rings (SSSR count). The Bertz CT molecular complexity index is 560. The molecule has 0 amide bonds. The topological polar surface area (TPSA) is 0 Å². The van der Waals surface area contributed by atoms with E-state index in [-0.39, 0.29) is 0 Å². The van der Waals surface area contributed by atoms with Gasteiger partial charge in [0.25, 0.3) is 0 Å². The standard InChI is InChI=1S/C16H19S.6FH.Sb/c1-2-17(13-15-9-5-3-6-10-15)14-16-11-7-4-8-12-16;;;;;;;/h3-12H,2,13-14H2,1H3;6*1H;/q+1;;;;;;;+5/p-6. The van der Waals surface area contributed by atoms with Crippen molar-refractivity contribution in [2.75, 3.05) is 5.75 Å². The Hall–Kier alpha value is -0.812. The van der Waals surface area contributed by atoms with Crippen LogP contribution in [0.15, 0.2) is 60.7 Å². The molecule has 0 atom stereocenters. The molecule has 2 aromatic rings. The molecule has 136 valence electrons. The summed E-state index contributed by atoms with van der Waals surface area (Å²) in [7, 11) is 0.467. The number of rotatable bonds is 5. The molecule has 0 saturated carbocycles. The zero-order chi connectivity index (χ0) is 18.3. The van der Waals surface area contributed by atoms with Crippen molar-refractivity contribution in [1.29, 1.82) is 0 Å². The Morgan fingerprint density at radius 2 is 0.958 bits per heavy atom. The average molecular weight is 479 g/mol. The van der Waals surface area contributed by atoms with Gasteiger partial charge in [0, 0.05) is 11.1 Å². The summed E-state index contributed by atoms with van der Waals surface area (Å²) in [6.45, 7) is 2.30. The molecule has 0 spiro atoms. The molecule has 0 saturated heterocycles. The van der Waals surface area contributed by atoms with Crippen molar-refractivity contribution < 1.29 is 16.9 Å². The summed E-state index contributed by atoms with van der Waals surface area (Å²) >= 11 is -11.2. The van der Waals surface area contributed by atoms with E-state index < -0.39 is 19.5 Å². The predicted molar refractivity (Wildman–Crippen MR) is 90.6 cm³/mol. The van der Waals surface area contributed by atoms with Gasteiger partial charge < -0.3 is 0 Å². The van der Waals surface area contributed by atoms with Gasteiger partial charge in [0.1, 0.15) is 17.3 Å². The van der Waals surface area contributed by atoms with E-state index in [1.165, 1.54) is 28.4 Å². The van der Waals surface area contributed by atoms with Crippen molar-refractivity contribution in [2.45, 2.75) is 18.4 Å². The van der Waals surface area contributed by atoms with Crippen molar-refractivity contribution in [3.8, 4) is 0 Å². The van der Waals surface area contributed by atoms with Crippen LogP contribution < -0.4 is 0 Å². The molecular weight excluding hydrogens is 460 g/mol. The Labute approximate surface area is 143 Å². The molecule has 0 heterocycles. The molecule has 0 nitrogen and oxygen atoms in total. The molecule has 0 unspecified atom stereocenters. The molecule has 0 fully saturated rings. The van der Waals surface area contributed by atoms with Gasteiger partial charge in [-0.05, 0) is 17.8 Å². The maximum absolute atomic E-state index is 11.2. The number of hydrogen-bond acceptors (Lipinski definition) is 0. The maximum atomic E-state index is 9.93. The van der Waals surface area contributed by atoms with Crippen LogP contribution in [0.1, 0.15) is 18.1 Å². The van der Waals surface area contributed by atoms with Crippen LogP contribution >= 0.6 is 0 Å². The van der Waals surface area contributed by atoms with Crippen LogP contribution in [0.25, 0.3) is 0 Å². The van der Waals surface area contributed by atoms with Crippen LogP contribution in [-0.4, -0.2) is 25.2 Å². The quantitative estimate of drug-likeness (QED) is 0.274. The first-order chi connectivity index (χ1) is 10.8. The number of halogens is 6. The van der Waals surface area contributed by atoms with E-state index in [1.54, 1.807) is 0 Å². The van der Waals surface area contributed by atoms with Crippen LogP contribution in [0.3, 0.4) is 0 Å². The van der Waals surface area contributed by atoms with E-state index in [0.717, 1.165) is 0 Å². The van der Waals surface area contributed by atoms with Gasteiger partial charge in [-0.1, -0.05) is 60.7 Å². The Morgan fingerprint density at radius 3 is 1.21 bits per heavy atom. The summed E-state index contributed by atoms with van der Waals surface area (Å²) in [4.78, 5) is 0. The summed E-state index contributed by atoms with van der Waals surface area (Å²) in [6.07, 6.45) is 0. The minimum atomic E-state index is -11.2. The van der Waals surface area contributed by atoms with Crippen molar-refractivity contribution in [2.24, 2.45) is 0 Å². The van der Waals surface area contributed by atoms with E-state index >= 15 is 0 Å². The number of benzene rings is 2. The minimum absolute atomic E-state index is 0.467. The second-order valence-corrected chi connectivity index (χ2v) is 13.0. The zero-order valence-corrected chi connectivity index (χ0v) is 16.4. The first kappa shape index (κ1) is 21.2. The molecule has 0 radical (unpaired) electrons. The molecule has 0 aliphatic heterocycles. The summed E-state index contributed by atoms with van der Waals surface area (Å²) in [5, 5.41) is 0. The van der Waals surface area contributed by atoms with Crippen molar-refractivity contribution >= 4 is 30.4 Å². The first-order valence-electron chi connectivity index (χ1n) is 7.12. The molecule has 0 aliphatic carbocycles. The summed E-state index contributed by atoms with van der Waals surface area (Å²) < 4.78 is 59.6. The summed E-state index contributed by atoms with van der Waals surface area (Å²) in [5.74, 6) is 3.70. The monoisotopic (exact) mass is 478 g/mol. The first-order valence-corrected chi connectivity index (χ1v) is 14.6. The van der Waals surface area contributed by atoms with Gasteiger partial charge in [-0.2, -0.15) is 0 Å². The molecule has 0 aromatic heterocycles. The van der Waals surface area contributed by atoms with Crippen LogP contribution in [0.5, 0.6) is 0 Å². The molecule has 0 bridgehead atoms. The fourth-order valence-electron chi connectivity index (χ4n) is 1.88. The fourth-order valence-corrected chi connectivity index (χ4v) is 3.71. The Kier molecular flexibility index (Phi) is 6.73. The summed E-state index contributed by atoms with van der Waals surface area (Å²) in [6, 6.07) is 21.7. The SMILES string of the molecule is CC[S+](Cc1ccccc1)Cc1ccccc1.[F][Sb-]([F])([F])([F])([F])[F]. The fraction of sp³-hybridized carbons (Fsp3) is 0.250. The second kappa shape index (κ2) is 7.61. The van der Waals surface area contributed by atoms with Crippen LogP contribution in [-0.2, 0) is 22.4 Å². The molecule has 2 aromatic carbocycles. The van der Waals surface area contributed by atoms with Crippen molar-refractivity contribution in [3.05, 3.63) is 71.8 Å². The average Bonchev–Trinajstić information content (AvgIpc) is 2.45. The van der Waals surface area contributed by atoms with E-state index in [0.29, 0.717) is 10.9 Å². The van der Waals surface area contributed by atoms with Crippen LogP contribution in [0.2, 0.25) is 0 Å². The Morgan fingerprint density at radius 1 is 0.667 bits per heavy atom. The molecule has 0 N–H and O–H groups in total. The van der Waals surface area contributed by atoms with E-state index in [2.05, 4.69) is 67.6 Å². The van der Waals surface area contributed by atoms with Crippen molar-refractivity contribution in [1.82, 2.24) is 0 Å². The van der Waals surface area contributed by atoms with Gasteiger partial charge >= 0.3 is 36.4 Å². The molecular formula is C16H19F6SSb. The predicted octanol–water partition coefficient (Wildman–Crippen LogP) is 6.17.